The molecule has 35 heavy (non-hydrogen) atoms. The minimum atomic E-state index is -0.805. The molecule has 2 saturated heterocycles. The van der Waals surface area contributed by atoms with Crippen LogP contribution in [-0.2, 0) is 9.53 Å². The molecule has 0 spiro atoms. The SMILES string of the molecule is NC(=O)C1=CSC(c2cn[nH]c2)N1c1cc2oc(N3CCOCC3)nc2cc1N1CCC(F)CC1. The second kappa shape index (κ2) is 9.08. The summed E-state index contributed by atoms with van der Waals surface area (Å²) in [6.45, 7) is 3.80. The third-order valence-corrected chi connectivity index (χ3v) is 7.74. The van der Waals surface area contributed by atoms with Crippen LogP contribution in [0.25, 0.3) is 11.1 Å². The van der Waals surface area contributed by atoms with E-state index in [-0.39, 0.29) is 5.37 Å². The van der Waals surface area contributed by atoms with Crippen LogP contribution in [0, 0.1) is 0 Å². The van der Waals surface area contributed by atoms with E-state index in [1.165, 1.54) is 11.8 Å². The highest BCUT2D eigenvalue weighted by Crippen LogP contribution is 2.49. The van der Waals surface area contributed by atoms with Crippen LogP contribution in [0.2, 0.25) is 0 Å². The average molecular weight is 500 g/mol. The summed E-state index contributed by atoms with van der Waals surface area (Å²) in [6, 6.07) is 4.44. The molecule has 1 unspecified atom stereocenters. The molecular formula is C23H26FN7O3S. The van der Waals surface area contributed by atoms with Gasteiger partial charge in [0.15, 0.2) is 5.58 Å². The molecular weight excluding hydrogens is 473 g/mol. The summed E-state index contributed by atoms with van der Waals surface area (Å²) in [5.74, 6) is -0.524. The lowest BCUT2D eigenvalue weighted by Gasteiger charge is -2.36. The molecule has 2 fully saturated rings. The maximum Gasteiger partial charge on any atom is 0.298 e. The van der Waals surface area contributed by atoms with E-state index in [0.29, 0.717) is 75.0 Å². The van der Waals surface area contributed by atoms with Gasteiger partial charge in [0.1, 0.15) is 22.8 Å². The first kappa shape index (κ1) is 22.2. The Balaban J connectivity index is 1.48. The number of halogens is 1. The molecule has 3 aliphatic heterocycles. The summed E-state index contributed by atoms with van der Waals surface area (Å²) >= 11 is 1.48. The minimum Gasteiger partial charge on any atom is -0.423 e. The first-order chi connectivity index (χ1) is 17.1. The molecule has 10 nitrogen and oxygen atoms in total. The number of thioether (sulfide) groups is 1. The van der Waals surface area contributed by atoms with Crippen molar-refractivity contribution < 1.29 is 18.3 Å². The first-order valence-electron chi connectivity index (χ1n) is 11.7. The number of oxazole rings is 1. The summed E-state index contributed by atoms with van der Waals surface area (Å²) in [7, 11) is 0. The Labute approximate surface area is 205 Å². The highest BCUT2D eigenvalue weighted by Gasteiger charge is 2.36. The van der Waals surface area contributed by atoms with E-state index < -0.39 is 12.1 Å². The van der Waals surface area contributed by atoms with E-state index in [1.807, 2.05) is 17.0 Å². The maximum atomic E-state index is 14.0. The number of H-pyrrole nitrogens is 1. The molecule has 5 heterocycles. The van der Waals surface area contributed by atoms with Crippen LogP contribution < -0.4 is 20.4 Å². The number of carbonyl (C=O) groups is 1. The smallest absolute Gasteiger partial charge is 0.298 e. The van der Waals surface area contributed by atoms with Crippen molar-refractivity contribution >= 4 is 46.2 Å². The van der Waals surface area contributed by atoms with Gasteiger partial charge in [0.25, 0.3) is 11.9 Å². The molecule has 184 valence electrons. The number of ether oxygens (including phenoxy) is 1. The molecule has 1 amide bonds. The number of nitrogens with zero attached hydrogens (tertiary/aromatic N) is 5. The van der Waals surface area contributed by atoms with Crippen LogP contribution in [0.1, 0.15) is 23.8 Å². The molecule has 1 atom stereocenters. The zero-order valence-corrected chi connectivity index (χ0v) is 19.8. The third-order valence-electron chi connectivity index (χ3n) is 6.64. The quantitative estimate of drug-likeness (QED) is 0.546. The summed E-state index contributed by atoms with van der Waals surface area (Å²) in [5, 5.41) is 8.48. The van der Waals surface area contributed by atoms with Crippen molar-refractivity contribution in [1.29, 1.82) is 0 Å². The van der Waals surface area contributed by atoms with Crippen molar-refractivity contribution in [3.63, 3.8) is 0 Å². The van der Waals surface area contributed by atoms with Crippen molar-refractivity contribution in [3.05, 3.63) is 41.2 Å². The molecule has 0 aliphatic carbocycles. The topological polar surface area (TPSA) is 117 Å². The van der Waals surface area contributed by atoms with Crippen LogP contribution >= 0.6 is 11.8 Å². The zero-order chi connectivity index (χ0) is 23.9. The van der Waals surface area contributed by atoms with Gasteiger partial charge in [0.2, 0.25) is 0 Å². The van der Waals surface area contributed by atoms with Gasteiger partial charge in [-0.25, -0.2) is 4.39 Å². The number of nitrogens with two attached hydrogens (primary N) is 1. The van der Waals surface area contributed by atoms with Crippen molar-refractivity contribution in [1.82, 2.24) is 15.2 Å². The predicted octanol–water partition coefficient (Wildman–Crippen LogP) is 2.90. The Kier molecular flexibility index (Phi) is 5.77. The molecule has 1 aromatic carbocycles. The lowest BCUT2D eigenvalue weighted by atomic mass is 10.1. The number of fused-ring (bicyclic) bond motifs is 1. The van der Waals surface area contributed by atoms with E-state index in [9.17, 15) is 9.18 Å². The number of aromatic nitrogens is 3. The molecule has 3 aliphatic rings. The fourth-order valence-electron chi connectivity index (χ4n) is 4.79. The van der Waals surface area contributed by atoms with Gasteiger partial charge >= 0.3 is 0 Å². The Hall–Kier alpha value is -3.25. The number of benzene rings is 1. The zero-order valence-electron chi connectivity index (χ0n) is 19.0. The summed E-state index contributed by atoms with van der Waals surface area (Å²) < 4.78 is 25.6. The second-order valence-corrected chi connectivity index (χ2v) is 9.78. The molecule has 3 N–H and O–H groups in total. The van der Waals surface area contributed by atoms with E-state index in [0.717, 1.165) is 16.9 Å². The van der Waals surface area contributed by atoms with Gasteiger partial charge in [0, 0.05) is 49.4 Å². The lowest BCUT2D eigenvalue weighted by molar-refractivity contribution is -0.114. The number of aromatic amines is 1. The van der Waals surface area contributed by atoms with Crippen molar-refractivity contribution in [2.45, 2.75) is 24.4 Å². The van der Waals surface area contributed by atoms with Crippen molar-refractivity contribution in [3.8, 4) is 0 Å². The Morgan fingerprint density at radius 1 is 1.14 bits per heavy atom. The van der Waals surface area contributed by atoms with E-state index in [1.54, 1.807) is 17.8 Å². The average Bonchev–Trinajstić information content (AvgIpc) is 3.63. The summed E-state index contributed by atoms with van der Waals surface area (Å²) in [4.78, 5) is 23.4. The summed E-state index contributed by atoms with van der Waals surface area (Å²) in [5.41, 5.74) is 10.0. The number of anilines is 3. The first-order valence-corrected chi connectivity index (χ1v) is 12.6. The highest BCUT2D eigenvalue weighted by atomic mass is 32.2. The van der Waals surface area contributed by atoms with Gasteiger partial charge in [-0.05, 0) is 18.9 Å². The number of primary amides is 1. The molecule has 0 saturated carbocycles. The van der Waals surface area contributed by atoms with Gasteiger partial charge in [-0.15, -0.1) is 11.8 Å². The number of nitrogens with one attached hydrogen (secondary N) is 1. The van der Waals surface area contributed by atoms with E-state index in [2.05, 4.69) is 20.0 Å². The standard InChI is InChI=1S/C23H26FN7O3S/c24-15-1-3-29(4-2-15)17-9-16-20(34-23(28-16)30-5-7-33-8-6-30)10-18(17)31-19(21(25)32)13-35-22(31)14-11-26-27-12-14/h9-13,15,22H,1-8H2,(H2,25,32)(H,26,27). The number of hydrogen-bond acceptors (Lipinski definition) is 9. The predicted molar refractivity (Wildman–Crippen MR) is 132 cm³/mol. The van der Waals surface area contributed by atoms with E-state index >= 15 is 0 Å². The lowest BCUT2D eigenvalue weighted by Crippen LogP contribution is -2.37. The molecule has 12 heteroatoms. The normalized spacial score (nSPS) is 21.7. The molecule has 6 rings (SSSR count). The Morgan fingerprint density at radius 2 is 1.94 bits per heavy atom. The number of piperidine rings is 1. The molecule has 2 aromatic heterocycles. The van der Waals surface area contributed by atoms with Crippen molar-refractivity contribution in [2.75, 3.05) is 54.1 Å². The monoisotopic (exact) mass is 499 g/mol. The summed E-state index contributed by atoms with van der Waals surface area (Å²) in [6.07, 6.45) is 3.64. The van der Waals surface area contributed by atoms with Gasteiger partial charge in [-0.2, -0.15) is 10.1 Å². The number of morpholine rings is 1. The number of alkyl halides is 1. The minimum absolute atomic E-state index is 0.243. The van der Waals surface area contributed by atoms with Gasteiger partial charge in [0.05, 0.1) is 30.8 Å². The van der Waals surface area contributed by atoms with Crippen LogP contribution in [0.15, 0.2) is 40.0 Å². The molecule has 3 aromatic rings. The number of amides is 1. The van der Waals surface area contributed by atoms with Crippen molar-refractivity contribution in [2.24, 2.45) is 5.73 Å². The second-order valence-electron chi connectivity index (χ2n) is 8.82. The van der Waals surface area contributed by atoms with Crippen LogP contribution in [-0.4, -0.2) is 66.7 Å². The number of rotatable bonds is 5. The van der Waals surface area contributed by atoms with E-state index in [4.69, 9.17) is 19.9 Å². The number of hydrogen-bond donors (Lipinski definition) is 2. The largest absolute Gasteiger partial charge is 0.423 e. The Bertz CT molecular complexity index is 1250. The highest BCUT2D eigenvalue weighted by molar-refractivity contribution is 8.02. The van der Waals surface area contributed by atoms with Crippen LogP contribution in [0.5, 0.6) is 0 Å². The fourth-order valence-corrected chi connectivity index (χ4v) is 5.92. The maximum absolute atomic E-state index is 14.0. The van der Waals surface area contributed by atoms with Gasteiger partial charge in [-0.3, -0.25) is 9.89 Å². The fraction of sp³-hybridized carbons (Fsp3) is 0.435. The van der Waals surface area contributed by atoms with Gasteiger partial charge < -0.3 is 29.6 Å². The Morgan fingerprint density at radius 3 is 2.66 bits per heavy atom. The van der Waals surface area contributed by atoms with Crippen LogP contribution in [0.4, 0.5) is 21.8 Å². The van der Waals surface area contributed by atoms with Crippen LogP contribution in [0.3, 0.4) is 0 Å². The van der Waals surface area contributed by atoms with Gasteiger partial charge in [-0.1, -0.05) is 0 Å². The molecule has 0 bridgehead atoms. The molecule has 0 radical (unpaired) electrons. The third kappa shape index (κ3) is 4.10. The number of carbonyl (C=O) groups excluding carboxylic acids is 1.